The standard InChI is InChI=1S/C22H25ClF3N3O3S/c1-15(21(30)27-16-6-8-17(9-7-16)28-12-4-3-5-13-28)29(33(2,31)32)18-10-11-20(23)19(14-18)22(24,25)26/h6-11,14-15H,3-5,12-13H2,1-2H3,(H,27,30)/t15-/m0/s1. The van der Waals surface area contributed by atoms with Crippen LogP contribution < -0.4 is 14.5 Å². The number of nitrogens with one attached hydrogen (secondary N) is 1. The molecule has 1 aliphatic heterocycles. The summed E-state index contributed by atoms with van der Waals surface area (Å²) in [6.07, 6.45) is -0.502. The SMILES string of the molecule is C[C@@H](C(=O)Nc1ccc(N2CCCCC2)cc1)N(c1ccc(Cl)c(C(F)(F)F)c1)S(C)(=O)=O. The van der Waals surface area contributed by atoms with E-state index in [4.69, 9.17) is 11.6 Å². The topological polar surface area (TPSA) is 69.7 Å². The van der Waals surface area contributed by atoms with Crippen molar-refractivity contribution in [2.45, 2.75) is 38.4 Å². The van der Waals surface area contributed by atoms with Gasteiger partial charge in [-0.05, 0) is 68.7 Å². The van der Waals surface area contributed by atoms with Gasteiger partial charge in [-0.1, -0.05) is 11.6 Å². The van der Waals surface area contributed by atoms with Crippen LogP contribution in [0.15, 0.2) is 42.5 Å². The lowest BCUT2D eigenvalue weighted by molar-refractivity contribution is -0.137. The number of sulfonamides is 1. The lowest BCUT2D eigenvalue weighted by atomic mass is 10.1. The van der Waals surface area contributed by atoms with Gasteiger partial charge in [0.15, 0.2) is 0 Å². The fraction of sp³-hybridized carbons (Fsp3) is 0.409. The van der Waals surface area contributed by atoms with E-state index in [-0.39, 0.29) is 5.69 Å². The van der Waals surface area contributed by atoms with Gasteiger partial charge in [-0.3, -0.25) is 9.10 Å². The van der Waals surface area contributed by atoms with Crippen LogP contribution >= 0.6 is 11.6 Å². The van der Waals surface area contributed by atoms with E-state index < -0.39 is 38.7 Å². The van der Waals surface area contributed by atoms with Crippen LogP contribution in [0, 0.1) is 0 Å². The predicted octanol–water partition coefficient (Wildman–Crippen LogP) is 5.14. The van der Waals surface area contributed by atoms with E-state index >= 15 is 0 Å². The van der Waals surface area contributed by atoms with Gasteiger partial charge in [-0.15, -0.1) is 0 Å². The largest absolute Gasteiger partial charge is 0.417 e. The van der Waals surface area contributed by atoms with Crippen LogP contribution in [-0.2, 0) is 21.0 Å². The summed E-state index contributed by atoms with van der Waals surface area (Å²) in [6.45, 7) is 3.24. The number of halogens is 4. The quantitative estimate of drug-likeness (QED) is 0.592. The Kier molecular flexibility index (Phi) is 7.48. The third-order valence-electron chi connectivity index (χ3n) is 5.45. The first-order chi connectivity index (χ1) is 15.4. The van der Waals surface area contributed by atoms with Gasteiger partial charge < -0.3 is 10.2 Å². The highest BCUT2D eigenvalue weighted by molar-refractivity contribution is 7.92. The molecule has 11 heteroatoms. The number of nitrogens with zero attached hydrogens (tertiary/aromatic N) is 2. The summed E-state index contributed by atoms with van der Waals surface area (Å²) in [5.74, 6) is -0.686. The van der Waals surface area contributed by atoms with Crippen LogP contribution in [0.1, 0.15) is 31.7 Å². The molecule has 1 amide bonds. The van der Waals surface area contributed by atoms with Crippen molar-refractivity contribution in [2.24, 2.45) is 0 Å². The average molecular weight is 504 g/mol. The molecular weight excluding hydrogens is 479 g/mol. The molecule has 1 heterocycles. The van der Waals surface area contributed by atoms with E-state index in [9.17, 15) is 26.4 Å². The highest BCUT2D eigenvalue weighted by Crippen LogP contribution is 2.38. The molecule has 6 nitrogen and oxygen atoms in total. The molecule has 1 aliphatic rings. The maximum Gasteiger partial charge on any atom is 0.417 e. The molecule has 2 aromatic carbocycles. The Morgan fingerprint density at radius 3 is 2.24 bits per heavy atom. The summed E-state index contributed by atoms with van der Waals surface area (Å²) in [7, 11) is -4.10. The van der Waals surface area contributed by atoms with Crippen molar-refractivity contribution in [3.8, 4) is 0 Å². The number of anilines is 3. The summed E-state index contributed by atoms with van der Waals surface area (Å²) in [5, 5.41) is 2.07. The third kappa shape index (κ3) is 6.11. The van der Waals surface area contributed by atoms with E-state index in [1.54, 1.807) is 12.1 Å². The minimum atomic E-state index is -4.78. The van der Waals surface area contributed by atoms with Crippen molar-refractivity contribution in [3.63, 3.8) is 0 Å². The average Bonchev–Trinajstić information content (AvgIpc) is 2.74. The smallest absolute Gasteiger partial charge is 0.372 e. The Hall–Kier alpha value is -2.46. The lowest BCUT2D eigenvalue weighted by Gasteiger charge is -2.29. The molecule has 1 N–H and O–H groups in total. The zero-order valence-electron chi connectivity index (χ0n) is 18.2. The molecule has 0 unspecified atom stereocenters. The zero-order chi connectivity index (χ0) is 24.4. The first-order valence-electron chi connectivity index (χ1n) is 10.4. The molecule has 1 saturated heterocycles. The molecule has 0 spiro atoms. The first kappa shape index (κ1) is 25.2. The highest BCUT2D eigenvalue weighted by Gasteiger charge is 2.36. The van der Waals surface area contributed by atoms with Crippen molar-refractivity contribution >= 4 is 44.6 Å². The molecule has 1 atom stereocenters. The number of amides is 1. The second kappa shape index (κ2) is 9.80. The fourth-order valence-electron chi connectivity index (χ4n) is 3.83. The van der Waals surface area contributed by atoms with Gasteiger partial charge in [-0.2, -0.15) is 13.2 Å². The van der Waals surface area contributed by atoms with E-state index in [1.807, 2.05) is 12.1 Å². The number of carbonyl (C=O) groups excluding carboxylic acids is 1. The monoisotopic (exact) mass is 503 g/mol. The number of piperidine rings is 1. The molecule has 0 bridgehead atoms. The van der Waals surface area contributed by atoms with Crippen molar-refractivity contribution in [1.29, 1.82) is 0 Å². The number of carbonyl (C=O) groups is 1. The van der Waals surface area contributed by atoms with E-state index in [2.05, 4.69) is 10.2 Å². The molecular formula is C22H25ClF3N3O3S. The molecule has 0 saturated carbocycles. The molecule has 0 aliphatic carbocycles. The Bertz CT molecular complexity index is 1100. The molecule has 180 valence electrons. The highest BCUT2D eigenvalue weighted by atomic mass is 35.5. The first-order valence-corrected chi connectivity index (χ1v) is 12.6. The molecule has 3 rings (SSSR count). The Balaban J connectivity index is 1.81. The second-order valence-electron chi connectivity index (χ2n) is 7.98. The normalized spacial score (nSPS) is 15.8. The van der Waals surface area contributed by atoms with Crippen molar-refractivity contribution in [3.05, 3.63) is 53.1 Å². The molecule has 33 heavy (non-hydrogen) atoms. The summed E-state index contributed by atoms with van der Waals surface area (Å²) in [5.41, 5.74) is -0.0129. The predicted molar refractivity (Wildman–Crippen MR) is 124 cm³/mol. The number of hydrogen-bond acceptors (Lipinski definition) is 4. The summed E-state index contributed by atoms with van der Waals surface area (Å²) < 4.78 is 65.3. The van der Waals surface area contributed by atoms with Crippen LogP contribution in [0.3, 0.4) is 0 Å². The molecule has 0 aromatic heterocycles. The van der Waals surface area contributed by atoms with Gasteiger partial charge >= 0.3 is 6.18 Å². The molecule has 1 fully saturated rings. The maximum atomic E-state index is 13.3. The minimum Gasteiger partial charge on any atom is -0.372 e. The third-order valence-corrected chi connectivity index (χ3v) is 7.03. The zero-order valence-corrected chi connectivity index (χ0v) is 19.8. The Morgan fingerprint density at radius 2 is 1.70 bits per heavy atom. The summed E-state index contributed by atoms with van der Waals surface area (Å²) >= 11 is 5.65. The van der Waals surface area contributed by atoms with Crippen molar-refractivity contribution in [2.75, 3.05) is 33.9 Å². The van der Waals surface area contributed by atoms with Crippen LogP contribution in [0.5, 0.6) is 0 Å². The Morgan fingerprint density at radius 1 is 1.09 bits per heavy atom. The van der Waals surface area contributed by atoms with Crippen LogP contribution in [0.2, 0.25) is 5.02 Å². The molecule has 2 aromatic rings. The summed E-state index contributed by atoms with van der Waals surface area (Å²) in [4.78, 5) is 15.1. The van der Waals surface area contributed by atoms with Gasteiger partial charge in [0.2, 0.25) is 15.9 Å². The number of rotatable bonds is 6. The van der Waals surface area contributed by atoms with Gasteiger partial charge in [-0.25, -0.2) is 8.42 Å². The lowest BCUT2D eigenvalue weighted by Crippen LogP contribution is -2.45. The second-order valence-corrected chi connectivity index (χ2v) is 10.2. The van der Waals surface area contributed by atoms with Gasteiger partial charge in [0.05, 0.1) is 22.5 Å². The molecule has 0 radical (unpaired) electrons. The number of benzene rings is 2. The number of hydrogen-bond donors (Lipinski definition) is 1. The van der Waals surface area contributed by atoms with E-state index in [0.29, 0.717) is 16.1 Å². The van der Waals surface area contributed by atoms with Gasteiger partial charge in [0.25, 0.3) is 0 Å². The van der Waals surface area contributed by atoms with Gasteiger partial charge in [0, 0.05) is 24.5 Å². The van der Waals surface area contributed by atoms with Gasteiger partial charge in [0.1, 0.15) is 6.04 Å². The van der Waals surface area contributed by atoms with Crippen molar-refractivity contribution in [1.82, 2.24) is 0 Å². The van der Waals surface area contributed by atoms with E-state index in [1.165, 1.54) is 13.3 Å². The number of alkyl halides is 3. The van der Waals surface area contributed by atoms with Crippen LogP contribution in [0.4, 0.5) is 30.2 Å². The fourth-order valence-corrected chi connectivity index (χ4v) is 5.22. The van der Waals surface area contributed by atoms with Crippen LogP contribution in [0.25, 0.3) is 0 Å². The summed E-state index contributed by atoms with van der Waals surface area (Å²) in [6, 6.07) is 8.57. The van der Waals surface area contributed by atoms with Crippen LogP contribution in [-0.4, -0.2) is 39.7 Å². The van der Waals surface area contributed by atoms with E-state index in [0.717, 1.165) is 50.0 Å². The maximum absolute atomic E-state index is 13.3. The minimum absolute atomic E-state index is 0.308. The van der Waals surface area contributed by atoms with Crippen molar-refractivity contribution < 1.29 is 26.4 Å². The Labute approximate surface area is 196 Å².